The van der Waals surface area contributed by atoms with Gasteiger partial charge >= 0.3 is 0 Å². The monoisotopic (exact) mass is 319 g/mol. The summed E-state index contributed by atoms with van der Waals surface area (Å²) in [6.45, 7) is 4.52. The van der Waals surface area contributed by atoms with Crippen molar-refractivity contribution in [2.45, 2.75) is 30.5 Å². The van der Waals surface area contributed by atoms with Crippen LogP contribution in [0.15, 0.2) is 53.4 Å². The first-order chi connectivity index (χ1) is 10.0. The normalized spacial score (nSPS) is 12.0. The van der Waals surface area contributed by atoms with Gasteiger partial charge in [-0.3, -0.25) is 4.79 Å². The van der Waals surface area contributed by atoms with E-state index in [2.05, 4.69) is 5.32 Å². The maximum Gasteiger partial charge on any atom is 0.233 e. The largest absolute Gasteiger partial charge is 0.351 e. The fraction of sp³-hybridized carbons (Fsp3) is 0.235. The Kier molecular flexibility index (Phi) is 5.71. The lowest BCUT2D eigenvalue weighted by Gasteiger charge is -2.12. The molecule has 0 fully saturated rings. The second-order valence-corrected chi connectivity index (χ2v) is 6.77. The van der Waals surface area contributed by atoms with E-state index in [0.29, 0.717) is 11.6 Å². The summed E-state index contributed by atoms with van der Waals surface area (Å²) < 4.78 is 0. The maximum absolute atomic E-state index is 12.1. The summed E-state index contributed by atoms with van der Waals surface area (Å²) in [7, 11) is 0. The number of hydrogen-bond donors (Lipinski definition) is 1. The number of carbonyl (C=O) groups is 1. The molecule has 1 atom stereocenters. The molecule has 0 saturated heterocycles. The third-order valence-electron chi connectivity index (χ3n) is 3.08. The zero-order chi connectivity index (χ0) is 15.2. The zero-order valence-corrected chi connectivity index (χ0v) is 13.7. The van der Waals surface area contributed by atoms with Crippen LogP contribution in [0.1, 0.15) is 18.1 Å². The van der Waals surface area contributed by atoms with Gasteiger partial charge in [0.15, 0.2) is 0 Å². The van der Waals surface area contributed by atoms with Gasteiger partial charge in [0, 0.05) is 16.5 Å². The van der Waals surface area contributed by atoms with Crippen molar-refractivity contribution < 1.29 is 4.79 Å². The van der Waals surface area contributed by atoms with Crippen LogP contribution in [0.4, 0.5) is 0 Å². The number of nitrogens with one attached hydrogen (secondary N) is 1. The Bertz CT molecular complexity index is 595. The predicted octanol–water partition coefficient (Wildman–Crippen LogP) is 4.45. The second-order valence-electron chi connectivity index (χ2n) is 4.92. The van der Waals surface area contributed by atoms with Crippen LogP contribution < -0.4 is 5.32 Å². The minimum Gasteiger partial charge on any atom is -0.351 e. The third kappa shape index (κ3) is 5.10. The Hall–Kier alpha value is -1.45. The van der Waals surface area contributed by atoms with Crippen molar-refractivity contribution >= 4 is 29.3 Å². The highest BCUT2D eigenvalue weighted by Crippen LogP contribution is 2.24. The fourth-order valence-electron chi connectivity index (χ4n) is 1.81. The first-order valence-electron chi connectivity index (χ1n) is 6.80. The number of thioether (sulfide) groups is 1. The molecule has 1 unspecified atom stereocenters. The van der Waals surface area contributed by atoms with E-state index < -0.39 is 0 Å². The number of aryl methyl sites for hydroxylation is 1. The van der Waals surface area contributed by atoms with Crippen LogP contribution in [-0.4, -0.2) is 11.2 Å². The van der Waals surface area contributed by atoms with E-state index in [1.54, 1.807) is 0 Å². The number of carbonyl (C=O) groups excluding carboxylic acids is 1. The molecule has 1 N–H and O–H groups in total. The molecule has 110 valence electrons. The van der Waals surface area contributed by atoms with Gasteiger partial charge in [0.1, 0.15) is 0 Å². The third-order valence-corrected chi connectivity index (χ3v) is 4.45. The summed E-state index contributed by atoms with van der Waals surface area (Å²) in [4.78, 5) is 13.1. The molecule has 0 saturated carbocycles. The fourth-order valence-corrected chi connectivity index (χ4v) is 2.83. The predicted molar refractivity (Wildman–Crippen MR) is 89.8 cm³/mol. The Morgan fingerprint density at radius 2 is 1.76 bits per heavy atom. The minimum absolute atomic E-state index is 0.0375. The van der Waals surface area contributed by atoms with Crippen molar-refractivity contribution in [3.8, 4) is 0 Å². The Balaban J connectivity index is 1.84. The summed E-state index contributed by atoms with van der Waals surface area (Å²) >= 11 is 7.38. The molecule has 2 rings (SSSR count). The van der Waals surface area contributed by atoms with E-state index in [4.69, 9.17) is 11.6 Å². The van der Waals surface area contributed by atoms with Gasteiger partial charge in [0.25, 0.3) is 0 Å². The van der Waals surface area contributed by atoms with Crippen LogP contribution in [0.3, 0.4) is 0 Å². The molecule has 0 spiro atoms. The van der Waals surface area contributed by atoms with Gasteiger partial charge in [-0.2, -0.15) is 0 Å². The van der Waals surface area contributed by atoms with E-state index >= 15 is 0 Å². The highest BCUT2D eigenvalue weighted by Gasteiger charge is 2.13. The topological polar surface area (TPSA) is 29.1 Å². The molecule has 2 aromatic carbocycles. The number of rotatable bonds is 5. The number of halogens is 1. The molecular formula is C17H18ClNOS. The molecule has 0 aromatic heterocycles. The standard InChI is InChI=1S/C17H18ClNOS/c1-12-3-5-14(6-4-12)11-19-17(20)13(2)21-16-9-7-15(18)8-10-16/h3-10,13H,11H2,1-2H3,(H,19,20). The van der Waals surface area contributed by atoms with Crippen molar-refractivity contribution in [3.05, 3.63) is 64.7 Å². The van der Waals surface area contributed by atoms with Gasteiger partial charge < -0.3 is 5.32 Å². The smallest absolute Gasteiger partial charge is 0.233 e. The number of amides is 1. The van der Waals surface area contributed by atoms with Crippen molar-refractivity contribution in [3.63, 3.8) is 0 Å². The molecule has 2 nitrogen and oxygen atoms in total. The van der Waals surface area contributed by atoms with Gasteiger partial charge in [-0.25, -0.2) is 0 Å². The van der Waals surface area contributed by atoms with Crippen LogP contribution in [0.2, 0.25) is 5.02 Å². The molecule has 0 aliphatic rings. The van der Waals surface area contributed by atoms with Gasteiger partial charge in [0.05, 0.1) is 5.25 Å². The first-order valence-corrected chi connectivity index (χ1v) is 8.06. The van der Waals surface area contributed by atoms with Crippen molar-refractivity contribution in [1.82, 2.24) is 5.32 Å². The summed E-state index contributed by atoms with van der Waals surface area (Å²) in [5, 5.41) is 3.53. The minimum atomic E-state index is -0.142. The highest BCUT2D eigenvalue weighted by atomic mass is 35.5. The average Bonchev–Trinajstić information content (AvgIpc) is 2.48. The summed E-state index contributed by atoms with van der Waals surface area (Å²) in [5.74, 6) is 0.0375. The van der Waals surface area contributed by atoms with Gasteiger partial charge in [0.2, 0.25) is 5.91 Å². The lowest BCUT2D eigenvalue weighted by molar-refractivity contribution is -0.120. The summed E-state index contributed by atoms with van der Waals surface area (Å²) in [6, 6.07) is 15.7. The quantitative estimate of drug-likeness (QED) is 0.825. The van der Waals surface area contributed by atoms with Crippen LogP contribution in [-0.2, 0) is 11.3 Å². The molecule has 21 heavy (non-hydrogen) atoms. The highest BCUT2D eigenvalue weighted by molar-refractivity contribution is 8.00. The molecule has 0 aliphatic carbocycles. The second kappa shape index (κ2) is 7.53. The van der Waals surface area contributed by atoms with Crippen molar-refractivity contribution in [2.75, 3.05) is 0 Å². The molecule has 0 radical (unpaired) electrons. The lowest BCUT2D eigenvalue weighted by atomic mass is 10.1. The Labute approximate surface area is 134 Å². The van der Waals surface area contributed by atoms with Gasteiger partial charge in [-0.1, -0.05) is 41.4 Å². The SMILES string of the molecule is Cc1ccc(CNC(=O)C(C)Sc2ccc(Cl)cc2)cc1. The lowest BCUT2D eigenvalue weighted by Crippen LogP contribution is -2.30. The van der Waals surface area contributed by atoms with Crippen LogP contribution >= 0.6 is 23.4 Å². The van der Waals surface area contributed by atoms with Gasteiger partial charge in [-0.15, -0.1) is 11.8 Å². The maximum atomic E-state index is 12.1. The molecule has 0 aliphatic heterocycles. The van der Waals surface area contributed by atoms with Crippen LogP contribution in [0.25, 0.3) is 0 Å². The van der Waals surface area contributed by atoms with E-state index in [-0.39, 0.29) is 11.2 Å². The molecule has 4 heteroatoms. The van der Waals surface area contributed by atoms with Crippen LogP contribution in [0.5, 0.6) is 0 Å². The summed E-state index contributed by atoms with van der Waals surface area (Å²) in [6.07, 6.45) is 0. The molecule has 0 heterocycles. The van der Waals surface area contributed by atoms with E-state index in [1.165, 1.54) is 17.3 Å². The molecule has 1 amide bonds. The van der Waals surface area contributed by atoms with E-state index in [9.17, 15) is 4.79 Å². The molecular weight excluding hydrogens is 302 g/mol. The first kappa shape index (κ1) is 15.9. The number of benzene rings is 2. The van der Waals surface area contributed by atoms with Crippen molar-refractivity contribution in [1.29, 1.82) is 0 Å². The zero-order valence-electron chi connectivity index (χ0n) is 12.1. The van der Waals surface area contributed by atoms with E-state index in [0.717, 1.165) is 10.5 Å². The number of hydrogen-bond acceptors (Lipinski definition) is 2. The van der Waals surface area contributed by atoms with Crippen molar-refractivity contribution in [2.24, 2.45) is 0 Å². The van der Waals surface area contributed by atoms with Gasteiger partial charge in [-0.05, 0) is 43.7 Å². The Morgan fingerprint density at radius 1 is 1.14 bits per heavy atom. The Morgan fingerprint density at radius 3 is 2.38 bits per heavy atom. The average molecular weight is 320 g/mol. The summed E-state index contributed by atoms with van der Waals surface area (Å²) in [5.41, 5.74) is 2.33. The molecule has 2 aromatic rings. The van der Waals surface area contributed by atoms with Crippen LogP contribution in [0, 0.1) is 6.92 Å². The van der Waals surface area contributed by atoms with E-state index in [1.807, 2.05) is 62.4 Å². The molecule has 0 bridgehead atoms.